The van der Waals surface area contributed by atoms with Crippen molar-refractivity contribution in [1.29, 1.82) is 0 Å². The first-order chi connectivity index (χ1) is 7.97. The van der Waals surface area contributed by atoms with Crippen LogP contribution in [0.3, 0.4) is 0 Å². The summed E-state index contributed by atoms with van der Waals surface area (Å²) >= 11 is 0. The summed E-state index contributed by atoms with van der Waals surface area (Å²) in [5, 5.41) is 0. The van der Waals surface area contributed by atoms with Crippen LogP contribution in [0.4, 0.5) is 0 Å². The molecule has 0 rings (SSSR count). The third kappa shape index (κ3) is 9.16. The topological polar surface area (TPSA) is 52.3 Å². The van der Waals surface area contributed by atoms with E-state index < -0.39 is 6.04 Å². The van der Waals surface area contributed by atoms with Crippen molar-refractivity contribution < 1.29 is 9.53 Å². The van der Waals surface area contributed by atoms with Gasteiger partial charge in [-0.3, -0.25) is 4.79 Å². The smallest absolute Gasteiger partial charge is 0.323 e. The van der Waals surface area contributed by atoms with E-state index >= 15 is 0 Å². The Labute approximate surface area is 106 Å². The van der Waals surface area contributed by atoms with Crippen LogP contribution in [0.2, 0.25) is 0 Å². The average molecular weight is 243 g/mol. The zero-order valence-corrected chi connectivity index (χ0v) is 11.9. The summed E-state index contributed by atoms with van der Waals surface area (Å²) in [4.78, 5) is 11.6. The van der Waals surface area contributed by atoms with Crippen molar-refractivity contribution in [2.45, 2.75) is 78.4 Å². The second-order valence-corrected chi connectivity index (χ2v) is 5.33. The normalized spacial score (nSPS) is 14.7. The molecule has 0 aromatic rings. The summed E-state index contributed by atoms with van der Waals surface area (Å²) in [6, 6.07) is -0.465. The number of carbonyl (C=O) groups excluding carboxylic acids is 1. The summed E-state index contributed by atoms with van der Waals surface area (Å²) < 4.78 is 5.33. The van der Waals surface area contributed by atoms with Gasteiger partial charge in [0.15, 0.2) is 0 Å². The Bertz CT molecular complexity index is 204. The molecule has 0 aliphatic carbocycles. The van der Waals surface area contributed by atoms with Gasteiger partial charge < -0.3 is 10.5 Å². The summed E-state index contributed by atoms with van der Waals surface area (Å²) in [5.74, 6) is 0.180. The molecule has 0 heterocycles. The first kappa shape index (κ1) is 16.4. The molecule has 0 aliphatic heterocycles. The molecule has 3 heteroatoms. The van der Waals surface area contributed by atoms with Crippen LogP contribution < -0.4 is 5.73 Å². The minimum absolute atomic E-state index is 0.00225. The van der Waals surface area contributed by atoms with Crippen LogP contribution in [0.15, 0.2) is 0 Å². The maximum atomic E-state index is 11.6. The molecular formula is C14H29NO2. The average Bonchev–Trinajstić information content (AvgIpc) is 2.23. The van der Waals surface area contributed by atoms with Crippen molar-refractivity contribution in [3.8, 4) is 0 Å². The van der Waals surface area contributed by atoms with Crippen molar-refractivity contribution >= 4 is 5.97 Å². The van der Waals surface area contributed by atoms with E-state index in [-0.39, 0.29) is 12.1 Å². The monoisotopic (exact) mass is 243 g/mol. The molecule has 2 atom stereocenters. The molecule has 0 amide bonds. The number of carbonyl (C=O) groups is 1. The Hall–Kier alpha value is -0.570. The summed E-state index contributed by atoms with van der Waals surface area (Å²) in [6.45, 7) is 8.25. The molecule has 2 unspecified atom stereocenters. The molecular weight excluding hydrogens is 214 g/mol. The molecule has 0 aromatic heterocycles. The van der Waals surface area contributed by atoms with Gasteiger partial charge in [0.2, 0.25) is 0 Å². The van der Waals surface area contributed by atoms with Crippen LogP contribution in [-0.4, -0.2) is 18.1 Å². The number of ether oxygens (including phenoxy) is 1. The van der Waals surface area contributed by atoms with Gasteiger partial charge in [-0.1, -0.05) is 40.0 Å². The van der Waals surface area contributed by atoms with Gasteiger partial charge in [0, 0.05) is 0 Å². The second-order valence-electron chi connectivity index (χ2n) is 5.33. The first-order valence-corrected chi connectivity index (χ1v) is 6.93. The Morgan fingerprint density at radius 3 is 2.35 bits per heavy atom. The Morgan fingerprint density at radius 1 is 1.18 bits per heavy atom. The molecule has 2 N–H and O–H groups in total. The molecule has 102 valence electrons. The zero-order valence-electron chi connectivity index (χ0n) is 11.9. The quantitative estimate of drug-likeness (QED) is 0.499. The van der Waals surface area contributed by atoms with Gasteiger partial charge in [-0.15, -0.1) is 0 Å². The third-order valence-corrected chi connectivity index (χ3v) is 2.81. The maximum Gasteiger partial charge on any atom is 0.323 e. The van der Waals surface area contributed by atoms with Gasteiger partial charge in [0.05, 0.1) is 6.10 Å². The second kappa shape index (κ2) is 9.46. The molecule has 0 saturated carbocycles. The van der Waals surface area contributed by atoms with Crippen LogP contribution in [0.1, 0.15) is 66.2 Å². The highest BCUT2D eigenvalue weighted by Gasteiger charge is 2.18. The predicted molar refractivity (Wildman–Crippen MR) is 71.7 cm³/mol. The van der Waals surface area contributed by atoms with E-state index in [2.05, 4.69) is 20.8 Å². The van der Waals surface area contributed by atoms with E-state index in [0.29, 0.717) is 12.3 Å². The summed E-state index contributed by atoms with van der Waals surface area (Å²) in [5.41, 5.74) is 5.77. The highest BCUT2D eigenvalue weighted by atomic mass is 16.5. The van der Waals surface area contributed by atoms with Crippen molar-refractivity contribution in [2.24, 2.45) is 11.7 Å². The molecule has 0 spiro atoms. The SMILES string of the molecule is CCCCCCC(C)OC(=O)C(N)CC(C)C. The highest BCUT2D eigenvalue weighted by Crippen LogP contribution is 2.10. The zero-order chi connectivity index (χ0) is 13.3. The van der Waals surface area contributed by atoms with Gasteiger partial charge in [0.25, 0.3) is 0 Å². The Balaban J connectivity index is 3.71. The number of hydrogen-bond acceptors (Lipinski definition) is 3. The predicted octanol–water partition coefficient (Wildman–Crippen LogP) is 3.26. The van der Waals surface area contributed by atoms with E-state index in [9.17, 15) is 4.79 Å². The molecule has 0 aliphatic rings. The van der Waals surface area contributed by atoms with Crippen molar-refractivity contribution in [1.82, 2.24) is 0 Å². The first-order valence-electron chi connectivity index (χ1n) is 6.93. The molecule has 0 saturated heterocycles. The fourth-order valence-corrected chi connectivity index (χ4v) is 1.81. The van der Waals surface area contributed by atoms with E-state index in [4.69, 9.17) is 10.5 Å². The van der Waals surface area contributed by atoms with E-state index in [1.807, 2.05) is 6.92 Å². The lowest BCUT2D eigenvalue weighted by Crippen LogP contribution is -2.35. The van der Waals surface area contributed by atoms with Gasteiger partial charge in [-0.05, 0) is 32.1 Å². The fourth-order valence-electron chi connectivity index (χ4n) is 1.81. The largest absolute Gasteiger partial charge is 0.462 e. The van der Waals surface area contributed by atoms with E-state index in [0.717, 1.165) is 12.8 Å². The Kier molecular flexibility index (Phi) is 9.14. The Morgan fingerprint density at radius 2 is 1.82 bits per heavy atom. The number of hydrogen-bond donors (Lipinski definition) is 1. The van der Waals surface area contributed by atoms with Gasteiger partial charge in [-0.25, -0.2) is 0 Å². The van der Waals surface area contributed by atoms with Crippen molar-refractivity contribution in [2.75, 3.05) is 0 Å². The lowest BCUT2D eigenvalue weighted by Gasteiger charge is -2.17. The molecule has 0 fully saturated rings. The number of esters is 1. The van der Waals surface area contributed by atoms with Crippen LogP contribution in [0, 0.1) is 5.92 Å². The summed E-state index contributed by atoms with van der Waals surface area (Å²) in [6.07, 6.45) is 6.47. The van der Waals surface area contributed by atoms with Gasteiger partial charge >= 0.3 is 5.97 Å². The standard InChI is InChI=1S/C14H29NO2/c1-5-6-7-8-9-12(4)17-14(16)13(15)10-11(2)3/h11-13H,5-10,15H2,1-4H3. The highest BCUT2D eigenvalue weighted by molar-refractivity contribution is 5.75. The maximum absolute atomic E-state index is 11.6. The van der Waals surface area contributed by atoms with Crippen LogP contribution in [0.25, 0.3) is 0 Å². The van der Waals surface area contributed by atoms with Crippen LogP contribution in [-0.2, 0) is 9.53 Å². The van der Waals surface area contributed by atoms with Gasteiger partial charge in [0.1, 0.15) is 6.04 Å². The lowest BCUT2D eigenvalue weighted by atomic mass is 10.0. The molecule has 0 bridgehead atoms. The number of rotatable bonds is 9. The molecule has 3 nitrogen and oxygen atoms in total. The van der Waals surface area contributed by atoms with Crippen LogP contribution in [0.5, 0.6) is 0 Å². The lowest BCUT2D eigenvalue weighted by molar-refractivity contribution is -0.150. The molecule has 0 radical (unpaired) electrons. The van der Waals surface area contributed by atoms with Gasteiger partial charge in [-0.2, -0.15) is 0 Å². The minimum Gasteiger partial charge on any atom is -0.462 e. The number of unbranched alkanes of at least 4 members (excludes halogenated alkanes) is 3. The molecule has 0 aromatic carbocycles. The van der Waals surface area contributed by atoms with E-state index in [1.165, 1.54) is 19.3 Å². The third-order valence-electron chi connectivity index (χ3n) is 2.81. The summed E-state index contributed by atoms with van der Waals surface area (Å²) in [7, 11) is 0. The number of nitrogens with two attached hydrogens (primary N) is 1. The van der Waals surface area contributed by atoms with Crippen molar-refractivity contribution in [3.05, 3.63) is 0 Å². The van der Waals surface area contributed by atoms with E-state index in [1.54, 1.807) is 0 Å². The fraction of sp³-hybridized carbons (Fsp3) is 0.929. The van der Waals surface area contributed by atoms with Crippen LogP contribution >= 0.6 is 0 Å². The van der Waals surface area contributed by atoms with Crippen molar-refractivity contribution in [3.63, 3.8) is 0 Å². The minimum atomic E-state index is -0.465. The molecule has 17 heavy (non-hydrogen) atoms.